The van der Waals surface area contributed by atoms with Gasteiger partial charge >= 0.3 is 0 Å². The number of rotatable bonds is 7. The Labute approximate surface area is 183 Å². The van der Waals surface area contributed by atoms with Gasteiger partial charge in [0, 0.05) is 31.4 Å². The third-order valence-corrected chi connectivity index (χ3v) is 7.75. The van der Waals surface area contributed by atoms with Crippen LogP contribution in [0.15, 0.2) is 46.5 Å². The van der Waals surface area contributed by atoms with Gasteiger partial charge in [-0.15, -0.1) is 0 Å². The number of non-ortho nitro benzene ring substituents is 1. The summed E-state index contributed by atoms with van der Waals surface area (Å²) >= 11 is 7.15. The van der Waals surface area contributed by atoms with E-state index in [9.17, 15) is 23.3 Å². The van der Waals surface area contributed by atoms with Crippen molar-refractivity contribution in [3.63, 3.8) is 0 Å². The summed E-state index contributed by atoms with van der Waals surface area (Å²) in [6.45, 7) is 2.69. The Balaban J connectivity index is 1.63. The number of carbonyl (C=O) groups excluding carboxylic acids is 1. The van der Waals surface area contributed by atoms with Crippen LogP contribution in [0.25, 0.3) is 0 Å². The standard InChI is InChI=1S/C18H19ClN4O5S2/c1-12(18(24)21-16-6-4-13(23(25)26)10-15(16)19)29-17-7-5-14(11-20-17)30(27,28)22-8-2-3-9-22/h4-7,10-12H,2-3,8-9H2,1H3,(H,21,24)/t12-/m1/s1. The van der Waals surface area contributed by atoms with Gasteiger partial charge in [-0.1, -0.05) is 23.4 Å². The number of pyridine rings is 1. The smallest absolute Gasteiger partial charge is 0.271 e. The van der Waals surface area contributed by atoms with Crippen LogP contribution < -0.4 is 5.32 Å². The summed E-state index contributed by atoms with van der Waals surface area (Å²) in [5.74, 6) is -0.369. The molecule has 0 aliphatic carbocycles. The normalized spacial score (nSPS) is 15.7. The fourth-order valence-corrected chi connectivity index (χ4v) is 5.33. The molecule has 1 amide bonds. The van der Waals surface area contributed by atoms with Crippen LogP contribution in [0, 0.1) is 10.1 Å². The van der Waals surface area contributed by atoms with Crippen molar-refractivity contribution in [3.8, 4) is 0 Å². The lowest BCUT2D eigenvalue weighted by atomic mass is 10.2. The molecule has 2 heterocycles. The van der Waals surface area contributed by atoms with E-state index in [1.165, 1.54) is 28.7 Å². The van der Waals surface area contributed by atoms with E-state index in [1.807, 2.05) is 0 Å². The molecule has 1 aliphatic rings. The molecular weight excluding hydrogens is 452 g/mol. The van der Waals surface area contributed by atoms with E-state index in [0.29, 0.717) is 18.1 Å². The number of benzene rings is 1. The second-order valence-electron chi connectivity index (χ2n) is 6.61. The molecule has 1 aliphatic heterocycles. The number of hydrogen-bond acceptors (Lipinski definition) is 7. The molecule has 160 valence electrons. The van der Waals surface area contributed by atoms with Crippen LogP contribution in [0.2, 0.25) is 5.02 Å². The Morgan fingerprint density at radius 3 is 2.57 bits per heavy atom. The number of nitro benzene ring substituents is 1. The number of nitro groups is 1. The van der Waals surface area contributed by atoms with Crippen LogP contribution in [-0.4, -0.2) is 46.9 Å². The highest BCUT2D eigenvalue weighted by atomic mass is 35.5. The number of aromatic nitrogens is 1. The number of anilines is 1. The molecule has 1 atom stereocenters. The van der Waals surface area contributed by atoms with Gasteiger partial charge in [0.25, 0.3) is 5.69 Å². The van der Waals surface area contributed by atoms with Crippen LogP contribution in [0.3, 0.4) is 0 Å². The maximum atomic E-state index is 12.5. The number of sulfonamides is 1. The predicted octanol–water partition coefficient (Wildman–Crippen LogP) is 3.55. The maximum absolute atomic E-state index is 12.5. The summed E-state index contributed by atoms with van der Waals surface area (Å²) in [7, 11) is -3.54. The second-order valence-corrected chi connectivity index (χ2v) is 10.3. The van der Waals surface area contributed by atoms with Gasteiger partial charge in [-0.05, 0) is 38.0 Å². The zero-order valence-electron chi connectivity index (χ0n) is 15.9. The van der Waals surface area contributed by atoms with Crippen molar-refractivity contribution >= 4 is 50.7 Å². The lowest BCUT2D eigenvalue weighted by Gasteiger charge is -2.16. The van der Waals surface area contributed by atoms with Crippen molar-refractivity contribution in [3.05, 3.63) is 51.7 Å². The van der Waals surface area contributed by atoms with E-state index in [1.54, 1.807) is 13.0 Å². The van der Waals surface area contributed by atoms with E-state index in [0.717, 1.165) is 30.7 Å². The molecule has 2 aromatic rings. The third kappa shape index (κ3) is 5.09. The summed E-state index contributed by atoms with van der Waals surface area (Å²) in [5.41, 5.74) is 0.0910. The number of hydrogen-bond donors (Lipinski definition) is 1. The highest BCUT2D eigenvalue weighted by Gasteiger charge is 2.27. The first-order chi connectivity index (χ1) is 14.2. The maximum Gasteiger partial charge on any atom is 0.271 e. The first-order valence-corrected chi connectivity index (χ1v) is 11.8. The zero-order valence-corrected chi connectivity index (χ0v) is 18.3. The van der Waals surface area contributed by atoms with Gasteiger partial charge in [0.15, 0.2) is 0 Å². The van der Waals surface area contributed by atoms with E-state index in [2.05, 4.69) is 10.3 Å². The van der Waals surface area contributed by atoms with Crippen LogP contribution in [-0.2, 0) is 14.8 Å². The van der Waals surface area contributed by atoms with Crippen molar-refractivity contribution in [2.75, 3.05) is 18.4 Å². The summed E-state index contributed by atoms with van der Waals surface area (Å²) in [5, 5.41) is 13.4. The summed E-state index contributed by atoms with van der Waals surface area (Å²) < 4.78 is 26.5. The average molecular weight is 471 g/mol. The molecule has 0 saturated carbocycles. The second kappa shape index (κ2) is 9.29. The molecule has 1 N–H and O–H groups in total. The first kappa shape index (κ1) is 22.5. The Bertz CT molecular complexity index is 1060. The van der Waals surface area contributed by atoms with Gasteiger partial charge in [0.1, 0.15) is 4.90 Å². The SMILES string of the molecule is C[C@@H](Sc1ccc(S(=O)(=O)N2CCCC2)cn1)C(=O)Nc1ccc([N+](=O)[O-])cc1Cl. The molecule has 1 aromatic heterocycles. The molecule has 1 fully saturated rings. The fraction of sp³-hybridized carbons (Fsp3) is 0.333. The zero-order chi connectivity index (χ0) is 21.9. The molecule has 0 bridgehead atoms. The number of nitrogens with one attached hydrogen (secondary N) is 1. The molecule has 1 aromatic carbocycles. The molecule has 0 spiro atoms. The van der Waals surface area contributed by atoms with E-state index in [4.69, 9.17) is 11.6 Å². The van der Waals surface area contributed by atoms with Gasteiger partial charge in [-0.3, -0.25) is 14.9 Å². The Morgan fingerprint density at radius 1 is 1.30 bits per heavy atom. The minimum atomic E-state index is -3.54. The van der Waals surface area contributed by atoms with E-state index < -0.39 is 20.2 Å². The Morgan fingerprint density at radius 2 is 2.00 bits per heavy atom. The molecule has 9 nitrogen and oxygen atoms in total. The molecule has 0 radical (unpaired) electrons. The van der Waals surface area contributed by atoms with Crippen LogP contribution in [0.4, 0.5) is 11.4 Å². The molecule has 1 saturated heterocycles. The van der Waals surface area contributed by atoms with Crippen molar-refractivity contribution < 1.29 is 18.1 Å². The number of carbonyl (C=O) groups is 1. The number of nitrogens with zero attached hydrogens (tertiary/aromatic N) is 3. The van der Waals surface area contributed by atoms with Crippen LogP contribution in [0.1, 0.15) is 19.8 Å². The van der Waals surface area contributed by atoms with Crippen molar-refractivity contribution in [2.45, 2.75) is 34.9 Å². The molecule has 0 unspecified atom stereocenters. The van der Waals surface area contributed by atoms with Gasteiger partial charge in [-0.25, -0.2) is 13.4 Å². The topological polar surface area (TPSA) is 123 Å². The highest BCUT2D eigenvalue weighted by Crippen LogP contribution is 2.29. The van der Waals surface area contributed by atoms with Gasteiger partial charge in [-0.2, -0.15) is 4.31 Å². The Hall–Kier alpha value is -2.21. The molecule has 3 rings (SSSR count). The summed E-state index contributed by atoms with van der Waals surface area (Å²) in [4.78, 5) is 26.9. The Kier molecular flexibility index (Phi) is 6.96. The van der Waals surface area contributed by atoms with Crippen LogP contribution in [0.5, 0.6) is 0 Å². The van der Waals surface area contributed by atoms with Gasteiger partial charge < -0.3 is 5.32 Å². The minimum Gasteiger partial charge on any atom is -0.324 e. The monoisotopic (exact) mass is 470 g/mol. The number of halogens is 1. The molecular formula is C18H19ClN4O5S2. The van der Waals surface area contributed by atoms with Gasteiger partial charge in [0.2, 0.25) is 15.9 Å². The van der Waals surface area contributed by atoms with Crippen molar-refractivity contribution in [2.24, 2.45) is 0 Å². The fourth-order valence-electron chi connectivity index (χ4n) is 2.85. The van der Waals surface area contributed by atoms with E-state index in [-0.39, 0.29) is 27.2 Å². The lowest BCUT2D eigenvalue weighted by molar-refractivity contribution is -0.384. The summed E-state index contributed by atoms with van der Waals surface area (Å²) in [6, 6.07) is 6.83. The van der Waals surface area contributed by atoms with E-state index >= 15 is 0 Å². The number of thioether (sulfide) groups is 1. The van der Waals surface area contributed by atoms with Crippen molar-refractivity contribution in [1.82, 2.24) is 9.29 Å². The predicted molar refractivity (Wildman–Crippen MR) is 114 cm³/mol. The number of amides is 1. The van der Waals surface area contributed by atoms with Gasteiger partial charge in [0.05, 0.1) is 25.9 Å². The highest BCUT2D eigenvalue weighted by molar-refractivity contribution is 8.00. The minimum absolute atomic E-state index is 0.0596. The van der Waals surface area contributed by atoms with Crippen LogP contribution >= 0.6 is 23.4 Å². The quantitative estimate of drug-likeness (QED) is 0.373. The molecule has 30 heavy (non-hydrogen) atoms. The summed E-state index contributed by atoms with van der Waals surface area (Å²) in [6.07, 6.45) is 3.01. The largest absolute Gasteiger partial charge is 0.324 e. The van der Waals surface area contributed by atoms with Crippen molar-refractivity contribution in [1.29, 1.82) is 0 Å². The average Bonchev–Trinajstić information content (AvgIpc) is 3.25. The third-order valence-electron chi connectivity index (χ3n) is 4.50. The first-order valence-electron chi connectivity index (χ1n) is 9.06. The molecule has 12 heteroatoms. The lowest BCUT2D eigenvalue weighted by Crippen LogP contribution is -2.28.